The van der Waals surface area contributed by atoms with Gasteiger partial charge in [-0.2, -0.15) is 0 Å². The standard InChI is InChI=1S/C20H19BrClNO3/c1-25-18-10-14-7-8-23(12-15(14)11-19(18)26-2)20(24)6-4-13-3-5-16(21)17(22)9-13/h3-6,9-11H,7-8,12H2,1-2H3/b6-4+. The summed E-state index contributed by atoms with van der Waals surface area (Å²) in [6, 6.07) is 9.53. The van der Waals surface area contributed by atoms with Crippen molar-refractivity contribution in [2.75, 3.05) is 20.8 Å². The molecule has 1 heterocycles. The summed E-state index contributed by atoms with van der Waals surface area (Å²) in [5, 5.41) is 0.618. The quantitative estimate of drug-likeness (QED) is 0.651. The van der Waals surface area contributed by atoms with E-state index >= 15 is 0 Å². The minimum Gasteiger partial charge on any atom is -0.493 e. The van der Waals surface area contributed by atoms with E-state index in [4.69, 9.17) is 21.1 Å². The molecule has 26 heavy (non-hydrogen) atoms. The third-order valence-corrected chi connectivity index (χ3v) is 5.62. The van der Waals surface area contributed by atoms with Gasteiger partial charge in [-0.3, -0.25) is 4.79 Å². The SMILES string of the molecule is COc1cc2c(cc1OC)CN(C(=O)/C=C/c1ccc(Br)c(Cl)c1)CC2. The van der Waals surface area contributed by atoms with Gasteiger partial charge in [-0.05, 0) is 69.4 Å². The number of fused-ring (bicyclic) bond motifs is 1. The van der Waals surface area contributed by atoms with Crippen LogP contribution in [0.1, 0.15) is 16.7 Å². The lowest BCUT2D eigenvalue weighted by molar-refractivity contribution is -0.126. The van der Waals surface area contributed by atoms with Gasteiger partial charge >= 0.3 is 0 Å². The predicted molar refractivity (Wildman–Crippen MR) is 107 cm³/mol. The molecule has 0 N–H and O–H groups in total. The maximum absolute atomic E-state index is 12.6. The van der Waals surface area contributed by atoms with Gasteiger partial charge in [0, 0.05) is 23.6 Å². The molecular weight excluding hydrogens is 418 g/mol. The number of halogens is 2. The molecule has 0 unspecified atom stereocenters. The molecule has 2 aromatic carbocycles. The summed E-state index contributed by atoms with van der Waals surface area (Å²) in [5.41, 5.74) is 3.16. The summed E-state index contributed by atoms with van der Waals surface area (Å²) < 4.78 is 11.5. The maximum atomic E-state index is 12.6. The van der Waals surface area contributed by atoms with Gasteiger partial charge in [-0.25, -0.2) is 0 Å². The van der Waals surface area contributed by atoms with Gasteiger partial charge in [0.1, 0.15) is 0 Å². The second kappa shape index (κ2) is 8.14. The first kappa shape index (κ1) is 18.8. The largest absolute Gasteiger partial charge is 0.493 e. The molecule has 6 heteroatoms. The molecule has 0 spiro atoms. The Bertz CT molecular complexity index is 866. The number of methoxy groups -OCH3 is 2. The third kappa shape index (κ3) is 4.05. The van der Waals surface area contributed by atoms with Crippen LogP contribution >= 0.6 is 27.5 Å². The second-order valence-electron chi connectivity index (χ2n) is 5.99. The summed E-state index contributed by atoms with van der Waals surface area (Å²) in [6.45, 7) is 1.23. The zero-order valence-electron chi connectivity index (χ0n) is 14.6. The minimum atomic E-state index is -0.0236. The van der Waals surface area contributed by atoms with Crippen molar-refractivity contribution in [3.05, 3.63) is 62.6 Å². The van der Waals surface area contributed by atoms with Gasteiger partial charge in [-0.15, -0.1) is 0 Å². The van der Waals surface area contributed by atoms with Crippen molar-refractivity contribution in [3.63, 3.8) is 0 Å². The van der Waals surface area contributed by atoms with Crippen molar-refractivity contribution < 1.29 is 14.3 Å². The minimum absolute atomic E-state index is 0.0236. The summed E-state index contributed by atoms with van der Waals surface area (Å²) in [4.78, 5) is 14.4. The highest BCUT2D eigenvalue weighted by Gasteiger charge is 2.21. The number of rotatable bonds is 4. The average molecular weight is 437 g/mol. The number of hydrogen-bond acceptors (Lipinski definition) is 3. The number of ether oxygens (including phenoxy) is 2. The van der Waals surface area contributed by atoms with Crippen LogP contribution in [0.15, 0.2) is 40.9 Å². The van der Waals surface area contributed by atoms with E-state index in [0.717, 1.165) is 27.8 Å². The molecule has 1 aliphatic rings. The molecule has 0 aromatic heterocycles. The Hall–Kier alpha value is -1.98. The van der Waals surface area contributed by atoms with E-state index in [2.05, 4.69) is 15.9 Å². The number of carbonyl (C=O) groups is 1. The molecule has 1 amide bonds. The van der Waals surface area contributed by atoms with Crippen LogP contribution in [0.4, 0.5) is 0 Å². The fourth-order valence-electron chi connectivity index (χ4n) is 2.96. The first-order valence-electron chi connectivity index (χ1n) is 8.17. The smallest absolute Gasteiger partial charge is 0.246 e. The van der Waals surface area contributed by atoms with E-state index in [0.29, 0.717) is 23.9 Å². The number of nitrogens with zero attached hydrogens (tertiary/aromatic N) is 1. The summed E-state index contributed by atoms with van der Waals surface area (Å²) >= 11 is 9.45. The molecule has 0 bridgehead atoms. The van der Waals surface area contributed by atoms with Gasteiger partial charge < -0.3 is 14.4 Å². The topological polar surface area (TPSA) is 38.8 Å². The molecule has 0 radical (unpaired) electrons. The van der Waals surface area contributed by atoms with E-state index in [1.165, 1.54) is 5.56 Å². The Morgan fingerprint density at radius 1 is 1.15 bits per heavy atom. The lowest BCUT2D eigenvalue weighted by Crippen LogP contribution is -2.34. The summed E-state index contributed by atoms with van der Waals surface area (Å²) in [7, 11) is 3.24. The maximum Gasteiger partial charge on any atom is 0.246 e. The number of carbonyl (C=O) groups excluding carboxylic acids is 1. The Balaban J connectivity index is 1.74. The fourth-order valence-corrected chi connectivity index (χ4v) is 3.40. The molecule has 0 saturated carbocycles. The van der Waals surface area contributed by atoms with Crippen molar-refractivity contribution >= 4 is 39.5 Å². The van der Waals surface area contributed by atoms with Crippen molar-refractivity contribution in [3.8, 4) is 11.5 Å². The van der Waals surface area contributed by atoms with Crippen molar-refractivity contribution in [1.82, 2.24) is 4.90 Å². The molecular formula is C20H19BrClNO3. The van der Waals surface area contributed by atoms with Crippen LogP contribution in [0, 0.1) is 0 Å². The molecule has 0 aliphatic carbocycles. The number of hydrogen-bond donors (Lipinski definition) is 0. The van der Waals surface area contributed by atoms with Crippen LogP contribution in [-0.2, 0) is 17.8 Å². The van der Waals surface area contributed by atoms with Crippen molar-refractivity contribution in [2.24, 2.45) is 0 Å². The Kier molecular flexibility index (Phi) is 5.89. The van der Waals surface area contributed by atoms with Crippen LogP contribution in [-0.4, -0.2) is 31.6 Å². The van der Waals surface area contributed by atoms with E-state index in [1.807, 2.05) is 35.2 Å². The second-order valence-corrected chi connectivity index (χ2v) is 7.25. The predicted octanol–water partition coefficient (Wildman–Crippen LogP) is 4.72. The Morgan fingerprint density at radius 2 is 1.85 bits per heavy atom. The first-order chi connectivity index (χ1) is 12.5. The summed E-state index contributed by atoms with van der Waals surface area (Å²) in [6.07, 6.45) is 4.16. The average Bonchev–Trinajstić information content (AvgIpc) is 2.66. The lowest BCUT2D eigenvalue weighted by Gasteiger charge is -2.28. The van der Waals surface area contributed by atoms with Crippen LogP contribution < -0.4 is 9.47 Å². The third-order valence-electron chi connectivity index (χ3n) is 4.39. The van der Waals surface area contributed by atoms with Crippen LogP contribution in [0.3, 0.4) is 0 Å². The zero-order chi connectivity index (χ0) is 18.7. The van der Waals surface area contributed by atoms with Gasteiger partial charge in [0.05, 0.1) is 19.2 Å². The molecule has 4 nitrogen and oxygen atoms in total. The first-order valence-corrected chi connectivity index (χ1v) is 9.34. The molecule has 3 rings (SSSR count). The molecule has 1 aliphatic heterocycles. The number of amides is 1. The van der Waals surface area contributed by atoms with Gasteiger partial charge in [0.25, 0.3) is 0 Å². The van der Waals surface area contributed by atoms with E-state index in [1.54, 1.807) is 26.4 Å². The monoisotopic (exact) mass is 435 g/mol. The normalized spacial score (nSPS) is 13.6. The highest BCUT2D eigenvalue weighted by atomic mass is 79.9. The fraction of sp³-hybridized carbons (Fsp3) is 0.250. The van der Waals surface area contributed by atoms with E-state index in [9.17, 15) is 4.79 Å². The molecule has 0 saturated heterocycles. The van der Waals surface area contributed by atoms with Crippen LogP contribution in [0.2, 0.25) is 5.02 Å². The van der Waals surface area contributed by atoms with Gasteiger partial charge in [0.2, 0.25) is 5.91 Å². The summed E-state index contributed by atoms with van der Waals surface area (Å²) in [5.74, 6) is 1.38. The molecule has 0 fully saturated rings. The lowest BCUT2D eigenvalue weighted by atomic mass is 9.98. The van der Waals surface area contributed by atoms with Gasteiger partial charge in [0.15, 0.2) is 11.5 Å². The van der Waals surface area contributed by atoms with Crippen LogP contribution in [0.25, 0.3) is 6.08 Å². The van der Waals surface area contributed by atoms with Crippen molar-refractivity contribution in [1.29, 1.82) is 0 Å². The highest BCUT2D eigenvalue weighted by Crippen LogP contribution is 2.33. The molecule has 2 aromatic rings. The van der Waals surface area contributed by atoms with E-state index in [-0.39, 0.29) is 5.91 Å². The van der Waals surface area contributed by atoms with Gasteiger partial charge in [-0.1, -0.05) is 17.7 Å². The molecule has 0 atom stereocenters. The Labute approximate surface area is 166 Å². The van der Waals surface area contributed by atoms with Crippen molar-refractivity contribution in [2.45, 2.75) is 13.0 Å². The number of benzene rings is 2. The zero-order valence-corrected chi connectivity index (χ0v) is 16.9. The Morgan fingerprint density at radius 3 is 2.50 bits per heavy atom. The van der Waals surface area contributed by atoms with Crippen LogP contribution in [0.5, 0.6) is 11.5 Å². The highest BCUT2D eigenvalue weighted by molar-refractivity contribution is 9.10. The van der Waals surface area contributed by atoms with E-state index < -0.39 is 0 Å². The molecule has 136 valence electrons.